The predicted octanol–water partition coefficient (Wildman–Crippen LogP) is 2.71. The van der Waals surface area contributed by atoms with Gasteiger partial charge in [-0.15, -0.1) is 0 Å². The molecule has 0 radical (unpaired) electrons. The number of nitrogens with one attached hydrogen (secondary N) is 1. The molecule has 2 rings (SSSR count). The van der Waals surface area contributed by atoms with E-state index >= 15 is 0 Å². The van der Waals surface area contributed by atoms with Gasteiger partial charge in [-0.3, -0.25) is 4.79 Å². The fraction of sp³-hybridized carbons (Fsp3) is 0.235. The van der Waals surface area contributed by atoms with Crippen LogP contribution in [0.4, 0.5) is 5.69 Å². The summed E-state index contributed by atoms with van der Waals surface area (Å²) in [6.07, 6.45) is 2.20. The average molecular weight is 282 g/mol. The molecule has 0 saturated carbocycles. The molecule has 1 heterocycles. The van der Waals surface area contributed by atoms with Crippen LogP contribution in [0.2, 0.25) is 0 Å². The maximum atomic E-state index is 12.3. The largest absolute Gasteiger partial charge is 0.469 e. The van der Waals surface area contributed by atoms with E-state index in [1.807, 2.05) is 32.0 Å². The van der Waals surface area contributed by atoms with Gasteiger partial charge in [0.2, 0.25) is 0 Å². The molecular formula is C17H18N2O2. The van der Waals surface area contributed by atoms with E-state index in [-0.39, 0.29) is 12.5 Å². The van der Waals surface area contributed by atoms with E-state index in [0.717, 1.165) is 11.1 Å². The van der Waals surface area contributed by atoms with Crippen LogP contribution < -0.4 is 11.1 Å². The highest BCUT2D eigenvalue weighted by Gasteiger charge is 2.14. The van der Waals surface area contributed by atoms with Crippen LogP contribution >= 0.6 is 0 Å². The normalized spacial score (nSPS) is 9.86. The summed E-state index contributed by atoms with van der Waals surface area (Å²) in [6, 6.07) is 7.38. The Hall–Kier alpha value is -2.51. The van der Waals surface area contributed by atoms with Crippen LogP contribution in [0, 0.1) is 18.8 Å². The number of furan rings is 1. The summed E-state index contributed by atoms with van der Waals surface area (Å²) in [7, 11) is 0. The maximum Gasteiger partial charge on any atom is 0.259 e. The lowest BCUT2D eigenvalue weighted by Crippen LogP contribution is -2.13. The van der Waals surface area contributed by atoms with Gasteiger partial charge in [-0.25, -0.2) is 0 Å². The lowest BCUT2D eigenvalue weighted by atomic mass is 10.1. The fourth-order valence-corrected chi connectivity index (χ4v) is 2.02. The van der Waals surface area contributed by atoms with Crippen molar-refractivity contribution in [1.82, 2.24) is 0 Å². The van der Waals surface area contributed by atoms with Crippen molar-refractivity contribution in [3.05, 3.63) is 53.0 Å². The van der Waals surface area contributed by atoms with E-state index in [1.165, 1.54) is 6.26 Å². The lowest BCUT2D eigenvalue weighted by Gasteiger charge is -2.08. The summed E-state index contributed by atoms with van der Waals surface area (Å²) in [5, 5.41) is 2.88. The molecule has 2 aromatic rings. The second-order valence-electron chi connectivity index (χ2n) is 4.62. The monoisotopic (exact) mass is 282 g/mol. The first-order valence-corrected chi connectivity index (χ1v) is 6.83. The van der Waals surface area contributed by atoms with Crippen molar-refractivity contribution < 1.29 is 9.21 Å². The molecular weight excluding hydrogens is 264 g/mol. The average Bonchev–Trinajstić information content (AvgIpc) is 2.96. The van der Waals surface area contributed by atoms with Crippen molar-refractivity contribution in [3.8, 4) is 11.8 Å². The first kappa shape index (κ1) is 14.9. The number of carbonyl (C=O) groups excluding carboxylic acids is 1. The second-order valence-corrected chi connectivity index (χ2v) is 4.62. The smallest absolute Gasteiger partial charge is 0.259 e. The Morgan fingerprint density at radius 1 is 1.38 bits per heavy atom. The predicted molar refractivity (Wildman–Crippen MR) is 83.2 cm³/mol. The molecule has 0 aliphatic rings. The zero-order valence-electron chi connectivity index (χ0n) is 12.2. The number of anilines is 1. The number of nitrogens with two attached hydrogens (primary N) is 1. The van der Waals surface area contributed by atoms with Crippen molar-refractivity contribution in [2.24, 2.45) is 5.73 Å². The lowest BCUT2D eigenvalue weighted by molar-refractivity contribution is 0.102. The third-order valence-corrected chi connectivity index (χ3v) is 3.06. The van der Waals surface area contributed by atoms with Crippen molar-refractivity contribution in [3.63, 3.8) is 0 Å². The Balaban J connectivity index is 2.29. The molecule has 0 fully saturated rings. The first-order chi connectivity index (χ1) is 10.2. The third-order valence-electron chi connectivity index (χ3n) is 3.06. The minimum atomic E-state index is -0.194. The Bertz CT molecular complexity index is 705. The number of rotatable bonds is 3. The summed E-state index contributed by atoms with van der Waals surface area (Å²) < 4.78 is 5.28. The number of amides is 1. The summed E-state index contributed by atoms with van der Waals surface area (Å²) >= 11 is 0. The summed E-state index contributed by atoms with van der Waals surface area (Å²) in [5.41, 5.74) is 8.47. The van der Waals surface area contributed by atoms with E-state index in [4.69, 9.17) is 10.2 Å². The van der Waals surface area contributed by atoms with Gasteiger partial charge in [0.05, 0.1) is 24.1 Å². The highest BCUT2D eigenvalue weighted by molar-refractivity contribution is 6.05. The molecule has 1 aromatic carbocycles. The van der Waals surface area contributed by atoms with E-state index in [9.17, 15) is 4.79 Å². The zero-order valence-corrected chi connectivity index (χ0v) is 12.2. The molecule has 1 amide bonds. The number of aryl methyl sites for hydroxylation is 2. The minimum absolute atomic E-state index is 0.194. The number of hydrogen-bond donors (Lipinski definition) is 2. The molecule has 0 unspecified atom stereocenters. The summed E-state index contributed by atoms with van der Waals surface area (Å²) in [5.74, 6) is 6.27. The van der Waals surface area contributed by atoms with Crippen molar-refractivity contribution in [2.75, 3.05) is 11.9 Å². The van der Waals surface area contributed by atoms with E-state index < -0.39 is 0 Å². The molecule has 4 heteroatoms. The standard InChI is InChI=1S/C17H18N2O2/c1-3-16-14(8-10-21-16)17(20)19-15-7-6-12(2)11-13(15)5-4-9-18/h6-8,10-11H,3,9,18H2,1-2H3,(H,19,20). The van der Waals surface area contributed by atoms with Crippen LogP contribution in [-0.4, -0.2) is 12.5 Å². The van der Waals surface area contributed by atoms with Gasteiger partial charge in [0.1, 0.15) is 5.76 Å². The van der Waals surface area contributed by atoms with Crippen LogP contribution in [0.5, 0.6) is 0 Å². The first-order valence-electron chi connectivity index (χ1n) is 6.83. The molecule has 1 aromatic heterocycles. The molecule has 3 N–H and O–H groups in total. The summed E-state index contributed by atoms with van der Waals surface area (Å²) in [4.78, 5) is 12.3. The van der Waals surface area contributed by atoms with Gasteiger partial charge in [0.25, 0.3) is 5.91 Å². The molecule has 108 valence electrons. The quantitative estimate of drug-likeness (QED) is 0.850. The highest BCUT2D eigenvalue weighted by Crippen LogP contribution is 2.19. The van der Waals surface area contributed by atoms with Crippen molar-refractivity contribution in [2.45, 2.75) is 20.3 Å². The zero-order chi connectivity index (χ0) is 15.2. The van der Waals surface area contributed by atoms with E-state index in [2.05, 4.69) is 17.2 Å². The Morgan fingerprint density at radius 2 is 2.19 bits per heavy atom. The maximum absolute atomic E-state index is 12.3. The molecule has 0 bridgehead atoms. The van der Waals surface area contributed by atoms with Crippen LogP contribution in [0.15, 0.2) is 34.9 Å². The molecule has 0 spiro atoms. The van der Waals surface area contributed by atoms with Crippen LogP contribution in [0.3, 0.4) is 0 Å². The van der Waals surface area contributed by atoms with Gasteiger partial charge in [-0.1, -0.05) is 24.8 Å². The molecule has 21 heavy (non-hydrogen) atoms. The van der Waals surface area contributed by atoms with Gasteiger partial charge in [0.15, 0.2) is 0 Å². The Kier molecular flexibility index (Phi) is 4.81. The van der Waals surface area contributed by atoms with Gasteiger partial charge >= 0.3 is 0 Å². The van der Waals surface area contributed by atoms with Crippen molar-refractivity contribution in [1.29, 1.82) is 0 Å². The Labute approximate surface area is 124 Å². The number of carbonyl (C=O) groups is 1. The molecule has 0 saturated heterocycles. The van der Waals surface area contributed by atoms with Gasteiger partial charge in [-0.05, 0) is 30.7 Å². The van der Waals surface area contributed by atoms with Crippen LogP contribution in [0.25, 0.3) is 0 Å². The van der Waals surface area contributed by atoms with Crippen LogP contribution in [-0.2, 0) is 6.42 Å². The molecule has 0 aliphatic heterocycles. The van der Waals surface area contributed by atoms with Gasteiger partial charge in [-0.2, -0.15) is 0 Å². The summed E-state index contributed by atoms with van der Waals surface area (Å²) in [6.45, 7) is 4.20. The highest BCUT2D eigenvalue weighted by atomic mass is 16.3. The van der Waals surface area contributed by atoms with Gasteiger partial charge in [0, 0.05) is 12.0 Å². The SMILES string of the molecule is CCc1occc1C(=O)Nc1ccc(C)cc1C#CCN. The molecule has 0 aliphatic carbocycles. The second kappa shape index (κ2) is 6.78. The number of hydrogen-bond acceptors (Lipinski definition) is 3. The van der Waals surface area contributed by atoms with Crippen molar-refractivity contribution >= 4 is 11.6 Å². The van der Waals surface area contributed by atoms with Gasteiger partial charge < -0.3 is 15.5 Å². The number of benzene rings is 1. The Morgan fingerprint density at radius 3 is 2.90 bits per heavy atom. The fourth-order valence-electron chi connectivity index (χ4n) is 2.02. The third kappa shape index (κ3) is 3.53. The molecule has 0 atom stereocenters. The molecule has 4 nitrogen and oxygen atoms in total. The van der Waals surface area contributed by atoms with E-state index in [0.29, 0.717) is 23.4 Å². The minimum Gasteiger partial charge on any atom is -0.469 e. The van der Waals surface area contributed by atoms with E-state index in [1.54, 1.807) is 6.07 Å². The van der Waals surface area contributed by atoms with Crippen LogP contribution in [0.1, 0.15) is 34.2 Å². The topological polar surface area (TPSA) is 68.3 Å².